The molecule has 2 aromatic rings. The van der Waals surface area contributed by atoms with Crippen molar-refractivity contribution in [2.24, 2.45) is 11.1 Å². The SMILES string of the molecule is COc1cccc2c1C(=O)c1c(O)c3c(c(O)c1C2=O)C[C@@](C)(C(=O)CO)C[C@@H]3OC1CC(N)C(O)C(C)O1. The molecule has 2 aromatic carbocycles. The number of hydrogen-bond donors (Lipinski definition) is 5. The molecule has 39 heavy (non-hydrogen) atoms. The molecule has 0 amide bonds. The zero-order valence-electron chi connectivity index (χ0n) is 21.8. The molecule has 5 rings (SSSR count). The van der Waals surface area contributed by atoms with Crippen LogP contribution in [0.2, 0.25) is 0 Å². The summed E-state index contributed by atoms with van der Waals surface area (Å²) in [4.78, 5) is 40.1. The topological polar surface area (TPSA) is 186 Å². The van der Waals surface area contributed by atoms with Crippen molar-refractivity contribution in [3.63, 3.8) is 0 Å². The first-order chi connectivity index (χ1) is 18.4. The van der Waals surface area contributed by atoms with Gasteiger partial charge in [0.05, 0.1) is 42.1 Å². The Balaban J connectivity index is 1.69. The third-order valence-electron chi connectivity index (χ3n) is 8.17. The van der Waals surface area contributed by atoms with Crippen LogP contribution < -0.4 is 10.5 Å². The summed E-state index contributed by atoms with van der Waals surface area (Å²) in [6, 6.07) is 3.82. The average Bonchev–Trinajstić information content (AvgIpc) is 2.90. The van der Waals surface area contributed by atoms with Gasteiger partial charge >= 0.3 is 0 Å². The van der Waals surface area contributed by atoms with Crippen LogP contribution in [0.1, 0.15) is 75.8 Å². The van der Waals surface area contributed by atoms with Gasteiger partial charge in [0.25, 0.3) is 0 Å². The predicted octanol–water partition coefficient (Wildman–Crippen LogP) is 1.28. The molecule has 4 unspecified atom stereocenters. The Hall–Kier alpha value is -3.35. The van der Waals surface area contributed by atoms with E-state index < -0.39 is 71.5 Å². The van der Waals surface area contributed by atoms with Gasteiger partial charge in [0, 0.05) is 34.6 Å². The van der Waals surface area contributed by atoms with Crippen molar-refractivity contribution in [3.05, 3.63) is 51.6 Å². The van der Waals surface area contributed by atoms with Crippen LogP contribution in [0.15, 0.2) is 18.2 Å². The number of Topliss-reactive ketones (excluding diaryl/α,β-unsaturated/α-hetero) is 1. The van der Waals surface area contributed by atoms with E-state index in [4.69, 9.17) is 19.9 Å². The number of hydrogen-bond acceptors (Lipinski definition) is 11. The fourth-order valence-corrected chi connectivity index (χ4v) is 5.99. The largest absolute Gasteiger partial charge is 0.507 e. The van der Waals surface area contributed by atoms with Gasteiger partial charge in [-0.15, -0.1) is 0 Å². The zero-order chi connectivity index (χ0) is 28.4. The molecule has 0 aromatic heterocycles. The van der Waals surface area contributed by atoms with Crippen molar-refractivity contribution < 1.29 is 49.0 Å². The summed E-state index contributed by atoms with van der Waals surface area (Å²) in [7, 11) is 1.35. The second-order valence-corrected chi connectivity index (χ2v) is 10.7. The lowest BCUT2D eigenvalue weighted by Gasteiger charge is -2.42. The summed E-state index contributed by atoms with van der Waals surface area (Å²) in [5.41, 5.74) is 4.14. The molecule has 11 nitrogen and oxygen atoms in total. The molecule has 1 aliphatic heterocycles. The summed E-state index contributed by atoms with van der Waals surface area (Å²) in [6.45, 7) is 2.45. The second kappa shape index (κ2) is 9.68. The molecule has 3 aliphatic rings. The molecular formula is C28H31NO10. The van der Waals surface area contributed by atoms with E-state index in [2.05, 4.69) is 0 Å². The van der Waals surface area contributed by atoms with E-state index in [0.29, 0.717) is 0 Å². The molecule has 0 spiro atoms. The summed E-state index contributed by atoms with van der Waals surface area (Å²) in [5.74, 6) is -2.88. The van der Waals surface area contributed by atoms with E-state index in [1.807, 2.05) is 0 Å². The third-order valence-corrected chi connectivity index (χ3v) is 8.17. The van der Waals surface area contributed by atoms with E-state index in [1.165, 1.54) is 25.3 Å². The molecule has 1 fully saturated rings. The Morgan fingerprint density at radius 1 is 1.15 bits per heavy atom. The number of aromatic hydroxyl groups is 2. The lowest BCUT2D eigenvalue weighted by molar-refractivity contribution is -0.245. The number of carbonyl (C=O) groups excluding carboxylic acids is 3. The maximum absolute atomic E-state index is 13.7. The second-order valence-electron chi connectivity index (χ2n) is 10.7. The monoisotopic (exact) mass is 541 g/mol. The Morgan fingerprint density at radius 2 is 1.85 bits per heavy atom. The number of methoxy groups -OCH3 is 1. The number of fused-ring (bicyclic) bond motifs is 3. The smallest absolute Gasteiger partial charge is 0.202 e. The first-order valence-electron chi connectivity index (χ1n) is 12.7. The Morgan fingerprint density at radius 3 is 2.49 bits per heavy atom. The lowest BCUT2D eigenvalue weighted by Crippen LogP contribution is -2.52. The molecule has 0 saturated carbocycles. The van der Waals surface area contributed by atoms with Crippen LogP contribution in [0.25, 0.3) is 0 Å². The zero-order valence-corrected chi connectivity index (χ0v) is 21.8. The highest BCUT2D eigenvalue weighted by molar-refractivity contribution is 6.31. The quantitative estimate of drug-likeness (QED) is 0.293. The van der Waals surface area contributed by atoms with Gasteiger partial charge in [-0.05, 0) is 25.8 Å². The molecule has 11 heteroatoms. The summed E-state index contributed by atoms with van der Waals surface area (Å²) < 4.78 is 17.3. The highest BCUT2D eigenvalue weighted by atomic mass is 16.7. The van der Waals surface area contributed by atoms with Gasteiger partial charge in [-0.2, -0.15) is 0 Å². The van der Waals surface area contributed by atoms with Crippen LogP contribution in [0, 0.1) is 5.41 Å². The van der Waals surface area contributed by atoms with Crippen LogP contribution in [0.4, 0.5) is 0 Å². The standard InChI is InChI=1S/C28H31NO10/c1-11-23(32)14(29)7-18(38-11)39-16-9-28(2,17(31)10-30)8-13-20(16)27(36)22-21(25(13)34)24(33)12-5-4-6-15(37-3)19(12)26(22)35/h4-6,11,14,16,18,23,30,32,34,36H,7-10,29H2,1-3H3/t11?,14?,16-,18?,23?,28+/m0/s1. The predicted molar refractivity (Wildman–Crippen MR) is 135 cm³/mol. The normalized spacial score (nSPS) is 29.8. The van der Waals surface area contributed by atoms with E-state index in [0.717, 1.165) is 0 Å². The fraction of sp³-hybridized carbons (Fsp3) is 0.464. The first kappa shape index (κ1) is 27.2. The van der Waals surface area contributed by atoms with E-state index in [-0.39, 0.29) is 58.4 Å². The third kappa shape index (κ3) is 4.12. The Labute approximate surface area is 224 Å². The van der Waals surface area contributed by atoms with E-state index >= 15 is 0 Å². The van der Waals surface area contributed by atoms with Crippen LogP contribution in [-0.4, -0.2) is 76.0 Å². The Bertz CT molecular complexity index is 1380. The van der Waals surface area contributed by atoms with Crippen molar-refractivity contribution in [1.82, 2.24) is 0 Å². The van der Waals surface area contributed by atoms with Gasteiger partial charge in [-0.1, -0.05) is 19.1 Å². The number of ketones is 3. The number of phenolic OH excluding ortho intramolecular Hbond substituents is 2. The van der Waals surface area contributed by atoms with Crippen molar-refractivity contribution >= 4 is 17.3 Å². The number of phenols is 2. The van der Waals surface area contributed by atoms with Crippen molar-refractivity contribution in [1.29, 1.82) is 0 Å². The number of aliphatic hydroxyl groups is 2. The van der Waals surface area contributed by atoms with Gasteiger partial charge < -0.3 is 40.4 Å². The molecule has 1 saturated heterocycles. The van der Waals surface area contributed by atoms with Crippen LogP contribution >= 0.6 is 0 Å². The van der Waals surface area contributed by atoms with Gasteiger partial charge in [-0.25, -0.2) is 0 Å². The van der Waals surface area contributed by atoms with Crippen LogP contribution in [0.3, 0.4) is 0 Å². The molecule has 6 N–H and O–H groups in total. The number of rotatable bonds is 5. The minimum Gasteiger partial charge on any atom is -0.507 e. The molecule has 0 radical (unpaired) electrons. The first-order valence-corrected chi connectivity index (χ1v) is 12.7. The number of aliphatic hydroxyl groups excluding tert-OH is 2. The molecule has 2 aliphatic carbocycles. The highest BCUT2D eigenvalue weighted by Gasteiger charge is 2.48. The van der Waals surface area contributed by atoms with Gasteiger partial charge in [0.1, 0.15) is 23.9 Å². The molecule has 0 bridgehead atoms. The summed E-state index contributed by atoms with van der Waals surface area (Å²) in [6.07, 6.45) is -3.68. The molecule has 208 valence electrons. The van der Waals surface area contributed by atoms with Gasteiger partial charge in [-0.3, -0.25) is 14.4 Å². The lowest BCUT2D eigenvalue weighted by atomic mass is 9.67. The van der Waals surface area contributed by atoms with Crippen molar-refractivity contribution in [2.45, 2.75) is 63.8 Å². The number of nitrogens with two attached hydrogens (primary N) is 1. The maximum atomic E-state index is 13.7. The molecular weight excluding hydrogens is 510 g/mol. The van der Waals surface area contributed by atoms with Crippen molar-refractivity contribution in [3.8, 4) is 17.2 Å². The number of carbonyl (C=O) groups is 3. The van der Waals surface area contributed by atoms with Gasteiger partial charge in [0.2, 0.25) is 5.78 Å². The summed E-state index contributed by atoms with van der Waals surface area (Å²) >= 11 is 0. The fourth-order valence-electron chi connectivity index (χ4n) is 5.99. The van der Waals surface area contributed by atoms with Gasteiger partial charge in [0.15, 0.2) is 17.9 Å². The minimum absolute atomic E-state index is 0.0106. The minimum atomic E-state index is -1.24. The van der Waals surface area contributed by atoms with Crippen LogP contribution in [-0.2, 0) is 20.7 Å². The summed E-state index contributed by atoms with van der Waals surface area (Å²) in [5, 5.41) is 42.8. The van der Waals surface area contributed by atoms with Crippen LogP contribution in [0.5, 0.6) is 17.2 Å². The highest BCUT2D eigenvalue weighted by Crippen LogP contribution is 2.54. The van der Waals surface area contributed by atoms with E-state index in [1.54, 1.807) is 13.8 Å². The Kier molecular flexibility index (Phi) is 6.76. The van der Waals surface area contributed by atoms with E-state index in [9.17, 15) is 34.8 Å². The average molecular weight is 542 g/mol. The number of benzene rings is 2. The molecule has 1 heterocycles. The number of ether oxygens (including phenoxy) is 3. The maximum Gasteiger partial charge on any atom is 0.202 e. The molecule has 6 atom stereocenters. The van der Waals surface area contributed by atoms with Crippen molar-refractivity contribution in [2.75, 3.05) is 13.7 Å².